The molecule has 1 saturated heterocycles. The number of ether oxygens (including phenoxy) is 1. The smallest absolute Gasteiger partial charge is 0.220 e. The van der Waals surface area contributed by atoms with E-state index in [4.69, 9.17) is 4.74 Å². The van der Waals surface area contributed by atoms with Crippen molar-refractivity contribution in [3.63, 3.8) is 0 Å². The van der Waals surface area contributed by atoms with E-state index in [9.17, 15) is 4.79 Å². The van der Waals surface area contributed by atoms with E-state index in [1.54, 1.807) is 0 Å². The van der Waals surface area contributed by atoms with Crippen LogP contribution in [0.25, 0.3) is 0 Å². The van der Waals surface area contributed by atoms with Gasteiger partial charge in [-0.3, -0.25) is 14.4 Å². The summed E-state index contributed by atoms with van der Waals surface area (Å²) in [4.78, 5) is 15.0. The second-order valence-corrected chi connectivity index (χ2v) is 8.95. The summed E-state index contributed by atoms with van der Waals surface area (Å²) < 4.78 is 8.44. The zero-order chi connectivity index (χ0) is 20.4. The van der Waals surface area contributed by atoms with Gasteiger partial charge < -0.3 is 10.1 Å². The summed E-state index contributed by atoms with van der Waals surface area (Å²) in [6.45, 7) is 6.95. The fraction of sp³-hybridized carbons (Fsp3) is 0.565. The third-order valence-corrected chi connectivity index (χ3v) is 6.12. The van der Waals surface area contributed by atoms with Gasteiger partial charge in [-0.15, -0.1) is 0 Å². The minimum atomic E-state index is -0.164. The van der Waals surface area contributed by atoms with Crippen molar-refractivity contribution < 1.29 is 9.53 Å². The quantitative estimate of drug-likeness (QED) is 0.843. The lowest BCUT2D eigenvalue weighted by atomic mass is 9.76. The van der Waals surface area contributed by atoms with Crippen LogP contribution in [0.3, 0.4) is 0 Å². The lowest BCUT2D eigenvalue weighted by Crippen LogP contribution is -2.50. The maximum absolute atomic E-state index is 12.5. The van der Waals surface area contributed by atoms with Gasteiger partial charge in [0.2, 0.25) is 5.91 Å². The average molecular weight is 397 g/mol. The zero-order valence-corrected chi connectivity index (χ0v) is 17.7. The molecule has 2 aliphatic rings. The van der Waals surface area contributed by atoms with Crippen LogP contribution >= 0.6 is 0 Å². The highest BCUT2D eigenvalue weighted by Gasteiger charge is 2.43. The van der Waals surface area contributed by atoms with E-state index < -0.39 is 0 Å². The van der Waals surface area contributed by atoms with E-state index in [1.165, 1.54) is 11.1 Å². The van der Waals surface area contributed by atoms with Gasteiger partial charge in [0.15, 0.2) is 0 Å². The Morgan fingerprint density at radius 1 is 1.31 bits per heavy atom. The van der Waals surface area contributed by atoms with Crippen LogP contribution < -0.4 is 10.1 Å². The van der Waals surface area contributed by atoms with Gasteiger partial charge in [-0.1, -0.05) is 18.2 Å². The summed E-state index contributed by atoms with van der Waals surface area (Å²) in [6.07, 6.45) is 7.45. The molecular weight excluding hydrogens is 364 g/mol. The molecule has 1 atom stereocenters. The number of hydrogen-bond acceptors (Lipinski definition) is 4. The van der Waals surface area contributed by atoms with Gasteiger partial charge in [-0.25, -0.2) is 0 Å². The molecule has 3 heterocycles. The molecule has 0 aliphatic carbocycles. The predicted octanol–water partition coefficient (Wildman–Crippen LogP) is 3.24. The lowest BCUT2D eigenvalue weighted by Gasteiger charge is -2.47. The molecule has 1 aromatic heterocycles. The van der Waals surface area contributed by atoms with Crippen LogP contribution in [0.4, 0.5) is 0 Å². The fourth-order valence-electron chi connectivity index (χ4n) is 4.77. The topological polar surface area (TPSA) is 59.4 Å². The SMILES string of the molecule is CC(C)NC(=O)CC1CC2(CCN(Cc3cnn(C)c3)CC2)Oc2ccccc21. The third kappa shape index (κ3) is 4.64. The molecule has 0 saturated carbocycles. The Balaban J connectivity index is 1.45. The van der Waals surface area contributed by atoms with Crippen LogP contribution in [0.2, 0.25) is 0 Å². The second kappa shape index (κ2) is 8.19. The minimum absolute atomic E-state index is 0.130. The van der Waals surface area contributed by atoms with Crippen molar-refractivity contribution in [1.29, 1.82) is 0 Å². The largest absolute Gasteiger partial charge is 0.487 e. The molecule has 156 valence electrons. The molecule has 1 amide bonds. The monoisotopic (exact) mass is 396 g/mol. The number of nitrogens with one attached hydrogen (secondary N) is 1. The normalized spacial score (nSPS) is 21.0. The third-order valence-electron chi connectivity index (χ3n) is 6.12. The Morgan fingerprint density at radius 3 is 2.76 bits per heavy atom. The number of nitrogens with zero attached hydrogens (tertiary/aromatic N) is 3. The standard InChI is InChI=1S/C23H32N4O2/c1-17(2)25-22(28)12-19-13-23(29-21-7-5-4-6-20(19)21)8-10-27(11-9-23)16-18-14-24-26(3)15-18/h4-7,14-15,17,19H,8-13,16H2,1-3H3,(H,25,28). The first-order valence-electron chi connectivity index (χ1n) is 10.7. The van der Waals surface area contributed by atoms with E-state index in [0.717, 1.165) is 44.6 Å². The summed E-state index contributed by atoms with van der Waals surface area (Å²) in [7, 11) is 1.96. The number of hydrogen-bond donors (Lipinski definition) is 1. The summed E-state index contributed by atoms with van der Waals surface area (Å²) in [6, 6.07) is 8.42. The molecular formula is C23H32N4O2. The molecule has 29 heavy (non-hydrogen) atoms. The van der Waals surface area contributed by atoms with Gasteiger partial charge in [0.25, 0.3) is 0 Å². The summed E-state index contributed by atoms with van der Waals surface area (Å²) >= 11 is 0. The highest BCUT2D eigenvalue weighted by Crippen LogP contribution is 2.46. The molecule has 1 fully saturated rings. The maximum Gasteiger partial charge on any atom is 0.220 e. The average Bonchev–Trinajstić information content (AvgIpc) is 3.08. The number of rotatable bonds is 5. The number of fused-ring (bicyclic) bond motifs is 1. The highest BCUT2D eigenvalue weighted by molar-refractivity contribution is 5.77. The highest BCUT2D eigenvalue weighted by atomic mass is 16.5. The van der Waals surface area contributed by atoms with Gasteiger partial charge in [-0.2, -0.15) is 5.10 Å². The van der Waals surface area contributed by atoms with E-state index in [0.29, 0.717) is 6.42 Å². The molecule has 2 aliphatic heterocycles. The van der Waals surface area contributed by atoms with E-state index in [1.807, 2.05) is 43.9 Å². The number of carbonyl (C=O) groups is 1. The molecule has 1 spiro atoms. The van der Waals surface area contributed by atoms with Gasteiger partial charge in [0, 0.05) is 56.8 Å². The summed E-state index contributed by atoms with van der Waals surface area (Å²) in [5, 5.41) is 7.33. The number of benzene rings is 1. The molecule has 6 nitrogen and oxygen atoms in total. The van der Waals surface area contributed by atoms with Crippen LogP contribution in [-0.2, 0) is 18.4 Å². The van der Waals surface area contributed by atoms with Gasteiger partial charge >= 0.3 is 0 Å². The van der Waals surface area contributed by atoms with Crippen LogP contribution in [0.15, 0.2) is 36.7 Å². The van der Waals surface area contributed by atoms with Gasteiger partial charge in [-0.05, 0) is 44.7 Å². The predicted molar refractivity (Wildman–Crippen MR) is 113 cm³/mol. The van der Waals surface area contributed by atoms with Gasteiger partial charge in [0.1, 0.15) is 11.4 Å². The van der Waals surface area contributed by atoms with Crippen LogP contribution in [0.5, 0.6) is 5.75 Å². The molecule has 0 bridgehead atoms. The van der Waals surface area contributed by atoms with Crippen molar-refractivity contribution in [1.82, 2.24) is 20.0 Å². The maximum atomic E-state index is 12.5. The number of aromatic nitrogens is 2. The first-order valence-corrected chi connectivity index (χ1v) is 10.7. The van der Waals surface area contributed by atoms with Crippen LogP contribution in [-0.4, -0.2) is 45.3 Å². The Hall–Kier alpha value is -2.34. The number of piperidine rings is 1. The molecule has 2 aromatic rings. The number of carbonyl (C=O) groups excluding carboxylic acids is 1. The molecule has 4 rings (SSSR count). The van der Waals surface area contributed by atoms with Crippen molar-refractivity contribution in [3.05, 3.63) is 47.8 Å². The number of amides is 1. The van der Waals surface area contributed by atoms with E-state index in [2.05, 4.69) is 33.6 Å². The van der Waals surface area contributed by atoms with Crippen LogP contribution in [0.1, 0.15) is 56.6 Å². The zero-order valence-electron chi connectivity index (χ0n) is 17.7. The summed E-state index contributed by atoms with van der Waals surface area (Å²) in [5.41, 5.74) is 2.26. The molecule has 1 aromatic carbocycles. The molecule has 1 N–H and O–H groups in total. The first kappa shape index (κ1) is 20.0. The summed E-state index contributed by atoms with van der Waals surface area (Å²) in [5.74, 6) is 1.30. The van der Waals surface area contributed by atoms with Crippen molar-refractivity contribution >= 4 is 5.91 Å². The lowest BCUT2D eigenvalue weighted by molar-refractivity contribution is -0.122. The fourth-order valence-corrected chi connectivity index (χ4v) is 4.77. The number of para-hydroxylation sites is 1. The van der Waals surface area contributed by atoms with Gasteiger partial charge in [0.05, 0.1) is 6.20 Å². The molecule has 6 heteroatoms. The Labute approximate surface area is 173 Å². The second-order valence-electron chi connectivity index (χ2n) is 8.95. The van der Waals surface area contributed by atoms with Crippen molar-refractivity contribution in [2.75, 3.05) is 13.1 Å². The van der Waals surface area contributed by atoms with Crippen molar-refractivity contribution in [2.24, 2.45) is 7.05 Å². The molecule has 1 unspecified atom stereocenters. The van der Waals surface area contributed by atoms with Crippen molar-refractivity contribution in [2.45, 2.75) is 63.6 Å². The first-order chi connectivity index (χ1) is 13.9. The Morgan fingerprint density at radius 2 is 2.07 bits per heavy atom. The van der Waals surface area contributed by atoms with E-state index in [-0.39, 0.29) is 23.5 Å². The van der Waals surface area contributed by atoms with Crippen molar-refractivity contribution in [3.8, 4) is 5.75 Å². The number of likely N-dealkylation sites (tertiary alicyclic amines) is 1. The van der Waals surface area contributed by atoms with E-state index >= 15 is 0 Å². The Kier molecular flexibility index (Phi) is 5.63. The molecule has 0 radical (unpaired) electrons. The minimum Gasteiger partial charge on any atom is -0.487 e. The van der Waals surface area contributed by atoms with Crippen LogP contribution in [0, 0.1) is 0 Å². The number of aryl methyl sites for hydroxylation is 1. The Bertz CT molecular complexity index is 852.